The predicted octanol–water partition coefficient (Wildman–Crippen LogP) is 5.89. The summed E-state index contributed by atoms with van der Waals surface area (Å²) >= 11 is 0.839. The van der Waals surface area contributed by atoms with Crippen molar-refractivity contribution in [1.82, 2.24) is 0 Å². The van der Waals surface area contributed by atoms with Crippen LogP contribution in [0.15, 0.2) is 69.3 Å². The van der Waals surface area contributed by atoms with Gasteiger partial charge in [-0.25, -0.2) is 9.59 Å². The number of hydrogen-bond acceptors (Lipinski definition) is 10. The predicted molar refractivity (Wildman–Crippen MR) is 143 cm³/mol. The molecule has 0 aromatic heterocycles. The molecule has 4 aromatic rings. The van der Waals surface area contributed by atoms with Crippen molar-refractivity contribution < 1.29 is 52.1 Å². The number of rotatable bonds is 5. The van der Waals surface area contributed by atoms with Crippen LogP contribution >= 0.6 is 24.1 Å². The molecule has 4 aromatic carbocycles. The Morgan fingerprint density at radius 3 is 1.68 bits per heavy atom. The summed E-state index contributed by atoms with van der Waals surface area (Å²) in [5.41, 5.74) is -0.563. The summed E-state index contributed by atoms with van der Waals surface area (Å²) in [7, 11) is -4.59. The van der Waals surface area contributed by atoms with E-state index in [1.807, 2.05) is 13.8 Å². The van der Waals surface area contributed by atoms with Crippen LogP contribution in [-0.2, 0) is 10.1 Å². The SMILES string of the molecule is CC.O=C(O)c1cc2cc(SO)cc(S(=O)(=O)O)c2cc1O.O=C(O)c1cc2cc(SO)ccc2cc1O. The standard InChI is InChI=1S/C11H8O7S2.C11H8O4S.C2H6/c12-9-4-7-5(2-8(9)11(13)14)1-6(19-15)3-10(7)20(16,17)18;12-10-5-6-1-2-8(16-15)3-7(6)4-9(10)11(13)14;1-2/h1-4,12,15H,(H,13,14)(H,16,17,18);1-5,12,15H,(H,13,14);1-2H3. The summed E-state index contributed by atoms with van der Waals surface area (Å²) < 4.78 is 49.7. The first kappa shape index (κ1) is 30.7. The zero-order valence-electron chi connectivity index (χ0n) is 19.7. The van der Waals surface area contributed by atoms with Gasteiger partial charge in [0, 0.05) is 39.3 Å². The monoisotopic (exact) mass is 582 g/mol. The number of carboxylic acid groups (broad SMARTS) is 2. The molecule has 0 fully saturated rings. The third kappa shape index (κ3) is 7.06. The number of carbonyl (C=O) groups is 2. The Labute approximate surface area is 225 Å². The minimum Gasteiger partial charge on any atom is -0.507 e. The normalized spacial score (nSPS) is 10.8. The van der Waals surface area contributed by atoms with Crippen molar-refractivity contribution in [3.8, 4) is 11.5 Å². The second-order valence-electron chi connectivity index (χ2n) is 7.16. The molecule has 0 heterocycles. The quantitative estimate of drug-likeness (QED) is 0.108. The summed E-state index contributed by atoms with van der Waals surface area (Å²) in [5, 5.41) is 38.3. The van der Waals surface area contributed by atoms with Crippen molar-refractivity contribution in [3.63, 3.8) is 0 Å². The molecule has 0 saturated heterocycles. The first-order chi connectivity index (χ1) is 17.8. The highest BCUT2D eigenvalue weighted by Crippen LogP contribution is 2.33. The molecule has 0 radical (unpaired) electrons. The number of benzene rings is 4. The average Bonchev–Trinajstić information content (AvgIpc) is 2.87. The van der Waals surface area contributed by atoms with Gasteiger partial charge in [-0.15, -0.1) is 0 Å². The molecule has 0 saturated carbocycles. The number of fused-ring (bicyclic) bond motifs is 2. The molecule has 0 aliphatic carbocycles. The van der Waals surface area contributed by atoms with Gasteiger partial charge in [0.15, 0.2) is 0 Å². The van der Waals surface area contributed by atoms with Crippen LogP contribution in [0.3, 0.4) is 0 Å². The summed E-state index contributed by atoms with van der Waals surface area (Å²) in [6.45, 7) is 4.00. The Hall–Kier alpha value is -3.53. The molecule has 11 nitrogen and oxygen atoms in total. The fraction of sp³-hybridized carbons (Fsp3) is 0.0833. The Kier molecular flexibility index (Phi) is 10.4. The second kappa shape index (κ2) is 12.8. The van der Waals surface area contributed by atoms with Crippen LogP contribution in [0.25, 0.3) is 21.5 Å². The summed E-state index contributed by atoms with van der Waals surface area (Å²) in [6.07, 6.45) is 0. The molecule has 0 bridgehead atoms. The number of aromatic carboxylic acids is 2. The lowest BCUT2D eigenvalue weighted by Crippen LogP contribution is -2.01. The summed E-state index contributed by atoms with van der Waals surface area (Å²) in [4.78, 5) is 21.9. The maximum atomic E-state index is 11.3. The number of aromatic hydroxyl groups is 2. The van der Waals surface area contributed by atoms with Crippen LogP contribution in [0, 0.1) is 0 Å². The minimum atomic E-state index is -4.59. The van der Waals surface area contributed by atoms with Crippen molar-refractivity contribution in [2.45, 2.75) is 28.5 Å². The van der Waals surface area contributed by atoms with Gasteiger partial charge < -0.3 is 29.5 Å². The molecule has 4 rings (SSSR count). The summed E-state index contributed by atoms with van der Waals surface area (Å²) in [6, 6.07) is 12.2. The molecule has 202 valence electrons. The lowest BCUT2D eigenvalue weighted by molar-refractivity contribution is 0.0682. The molecular weight excluding hydrogens is 560 g/mol. The zero-order valence-corrected chi connectivity index (χ0v) is 22.1. The van der Waals surface area contributed by atoms with E-state index in [4.69, 9.17) is 23.9 Å². The lowest BCUT2D eigenvalue weighted by Gasteiger charge is -2.08. The van der Waals surface area contributed by atoms with Crippen LogP contribution in [0.1, 0.15) is 34.6 Å². The number of phenols is 2. The van der Waals surface area contributed by atoms with Crippen molar-refractivity contribution in [2.75, 3.05) is 0 Å². The zero-order chi connectivity index (χ0) is 28.8. The van der Waals surface area contributed by atoms with Crippen molar-refractivity contribution in [3.05, 3.63) is 65.7 Å². The maximum absolute atomic E-state index is 11.3. The Morgan fingerprint density at radius 1 is 0.684 bits per heavy atom. The van der Waals surface area contributed by atoms with Gasteiger partial charge in [-0.1, -0.05) is 19.9 Å². The van der Waals surface area contributed by atoms with Gasteiger partial charge in [-0.2, -0.15) is 8.42 Å². The molecule has 0 unspecified atom stereocenters. The average molecular weight is 583 g/mol. The van der Waals surface area contributed by atoms with Gasteiger partial charge in [0.25, 0.3) is 10.1 Å². The smallest absolute Gasteiger partial charge is 0.339 e. The Morgan fingerprint density at radius 2 is 1.18 bits per heavy atom. The minimum absolute atomic E-state index is 0.0483. The first-order valence-corrected chi connectivity index (χ1v) is 13.5. The molecule has 7 N–H and O–H groups in total. The third-order valence-corrected chi connectivity index (χ3v) is 6.69. The molecule has 0 atom stereocenters. The van der Waals surface area contributed by atoms with E-state index in [2.05, 4.69) is 0 Å². The highest BCUT2D eigenvalue weighted by molar-refractivity contribution is 7.94. The van der Waals surface area contributed by atoms with Gasteiger partial charge in [0.1, 0.15) is 27.5 Å². The van der Waals surface area contributed by atoms with Crippen LogP contribution in [0.4, 0.5) is 0 Å². The van der Waals surface area contributed by atoms with Gasteiger partial charge in [0.05, 0.1) is 0 Å². The molecular formula is C24H22O11S3. The number of carboxylic acids is 2. The topological polar surface area (TPSA) is 210 Å². The maximum Gasteiger partial charge on any atom is 0.339 e. The highest BCUT2D eigenvalue weighted by atomic mass is 32.2. The highest BCUT2D eigenvalue weighted by Gasteiger charge is 2.19. The third-order valence-electron chi connectivity index (χ3n) is 4.88. The van der Waals surface area contributed by atoms with Crippen molar-refractivity contribution in [1.29, 1.82) is 0 Å². The molecule has 0 amide bonds. The number of hydrogen-bond donors (Lipinski definition) is 7. The Balaban J connectivity index is 0.000000256. The van der Waals surface area contributed by atoms with E-state index in [0.29, 0.717) is 22.3 Å². The van der Waals surface area contributed by atoms with Crippen LogP contribution in [0.5, 0.6) is 11.5 Å². The van der Waals surface area contributed by atoms with Crippen LogP contribution < -0.4 is 0 Å². The van der Waals surface area contributed by atoms with Gasteiger partial charge in [0.2, 0.25) is 0 Å². The van der Waals surface area contributed by atoms with E-state index in [0.717, 1.165) is 23.6 Å². The van der Waals surface area contributed by atoms with Crippen molar-refractivity contribution >= 4 is 67.7 Å². The van der Waals surface area contributed by atoms with Gasteiger partial charge in [-0.3, -0.25) is 4.55 Å². The van der Waals surface area contributed by atoms with E-state index in [9.17, 15) is 28.2 Å². The molecule has 38 heavy (non-hydrogen) atoms. The molecule has 14 heteroatoms. The lowest BCUT2D eigenvalue weighted by atomic mass is 10.1. The van der Waals surface area contributed by atoms with E-state index in [1.165, 1.54) is 18.2 Å². The second-order valence-corrected chi connectivity index (χ2v) is 9.86. The van der Waals surface area contributed by atoms with E-state index >= 15 is 0 Å². The molecule has 0 aliphatic rings. The van der Waals surface area contributed by atoms with Gasteiger partial charge >= 0.3 is 11.9 Å². The molecule has 0 spiro atoms. The summed E-state index contributed by atoms with van der Waals surface area (Å²) in [5.74, 6) is -3.45. The first-order valence-electron chi connectivity index (χ1n) is 10.5. The van der Waals surface area contributed by atoms with Crippen LogP contribution in [-0.4, -0.2) is 54.4 Å². The van der Waals surface area contributed by atoms with Crippen LogP contribution in [0.2, 0.25) is 0 Å². The fourth-order valence-electron chi connectivity index (χ4n) is 3.27. The van der Waals surface area contributed by atoms with E-state index in [-0.39, 0.29) is 39.0 Å². The Bertz CT molecular complexity index is 1620. The largest absolute Gasteiger partial charge is 0.507 e. The van der Waals surface area contributed by atoms with Gasteiger partial charge in [-0.05, 0) is 64.7 Å². The fourth-order valence-corrected chi connectivity index (χ4v) is 4.73. The van der Waals surface area contributed by atoms with E-state index in [1.54, 1.807) is 18.2 Å². The van der Waals surface area contributed by atoms with Crippen molar-refractivity contribution in [2.24, 2.45) is 0 Å². The van der Waals surface area contributed by atoms with E-state index < -0.39 is 38.3 Å². The molecule has 0 aliphatic heterocycles.